The minimum absolute atomic E-state index is 0. The molecule has 10 heteroatoms. The molecule has 6 nitrogen and oxygen atoms in total. The molecule has 192 valence electrons. The molecule has 2 heterocycles. The van der Waals surface area contributed by atoms with Crippen LogP contribution in [0.5, 0.6) is 5.75 Å². The molecule has 0 spiro atoms. The summed E-state index contributed by atoms with van der Waals surface area (Å²) in [6.07, 6.45) is 1.88. The molecule has 1 atom stereocenters. The van der Waals surface area contributed by atoms with E-state index >= 15 is 0 Å². The molecular weight excluding hydrogens is 556 g/mol. The molecule has 1 aliphatic heterocycles. The quantitative estimate of drug-likeness (QED) is 0.407. The van der Waals surface area contributed by atoms with Gasteiger partial charge >= 0.3 is 0 Å². The van der Waals surface area contributed by atoms with Crippen molar-refractivity contribution in [3.63, 3.8) is 0 Å². The number of nitrogens with zero attached hydrogens (tertiary/aromatic N) is 1. The fourth-order valence-corrected chi connectivity index (χ4v) is 4.42. The fraction of sp³-hybridized carbons (Fsp3) is 0.308. The van der Waals surface area contributed by atoms with Crippen molar-refractivity contribution in [1.82, 2.24) is 15.2 Å². The van der Waals surface area contributed by atoms with Crippen LogP contribution in [0.3, 0.4) is 0 Å². The first kappa shape index (κ1) is 27.8. The molecule has 1 aliphatic rings. The number of aryl methyl sites for hydroxylation is 1. The van der Waals surface area contributed by atoms with Gasteiger partial charge in [0.1, 0.15) is 28.5 Å². The van der Waals surface area contributed by atoms with Gasteiger partial charge in [-0.1, -0.05) is 24.3 Å². The Morgan fingerprint density at radius 3 is 2.56 bits per heavy atom. The Morgan fingerprint density at radius 1 is 1.17 bits per heavy atom. The summed E-state index contributed by atoms with van der Waals surface area (Å²) in [4.78, 5) is 25.1. The third-order valence-electron chi connectivity index (χ3n) is 6.02. The minimum atomic E-state index is -0.704. The molecular formula is C26H27BrClF2N3O3. The molecule has 0 aliphatic carbocycles. The Labute approximate surface area is 222 Å². The van der Waals surface area contributed by atoms with Crippen molar-refractivity contribution in [1.29, 1.82) is 0 Å². The average Bonchev–Trinajstić information content (AvgIpc) is 3.38. The lowest BCUT2D eigenvalue weighted by molar-refractivity contribution is -0.122. The standard InChI is InChI=1S/C26H26BrF2N3O3.ClH/c1-16-11-23(35-15-19-8-9-20(28)12-21(19)29)24(27)26(34)32(16)14-18-6-4-17(5-7-18)13-31-25(33)22-3-2-10-30-22;/h4-9,11-12,22,30H,2-3,10,13-15H2,1H3,(H,31,33);1H. The minimum Gasteiger partial charge on any atom is -0.487 e. The smallest absolute Gasteiger partial charge is 0.269 e. The molecule has 3 aromatic rings. The number of rotatable bonds is 8. The summed E-state index contributed by atoms with van der Waals surface area (Å²) in [7, 11) is 0. The fourth-order valence-electron chi connectivity index (χ4n) is 3.98. The van der Waals surface area contributed by atoms with Gasteiger partial charge in [0.05, 0.1) is 12.6 Å². The molecule has 1 unspecified atom stereocenters. The molecule has 4 rings (SSSR count). The molecule has 2 N–H and O–H groups in total. The van der Waals surface area contributed by atoms with Gasteiger partial charge in [0, 0.05) is 29.9 Å². The summed E-state index contributed by atoms with van der Waals surface area (Å²) in [6.45, 7) is 3.33. The number of pyridine rings is 1. The molecule has 1 amide bonds. The number of ether oxygens (including phenoxy) is 1. The number of amides is 1. The highest BCUT2D eigenvalue weighted by atomic mass is 79.9. The molecule has 2 aromatic carbocycles. The Bertz CT molecular complexity index is 1280. The predicted molar refractivity (Wildman–Crippen MR) is 139 cm³/mol. The predicted octanol–water partition coefficient (Wildman–Crippen LogP) is 4.61. The number of aromatic nitrogens is 1. The first-order valence-electron chi connectivity index (χ1n) is 11.4. The van der Waals surface area contributed by atoms with Crippen molar-refractivity contribution in [2.24, 2.45) is 0 Å². The lowest BCUT2D eigenvalue weighted by Gasteiger charge is -2.15. The van der Waals surface area contributed by atoms with Crippen LogP contribution in [0.4, 0.5) is 8.78 Å². The Hall–Kier alpha value is -2.75. The van der Waals surface area contributed by atoms with E-state index in [1.807, 2.05) is 24.3 Å². The topological polar surface area (TPSA) is 72.4 Å². The van der Waals surface area contributed by atoms with Crippen molar-refractivity contribution in [3.8, 4) is 5.75 Å². The van der Waals surface area contributed by atoms with Crippen molar-refractivity contribution in [2.75, 3.05) is 6.54 Å². The highest BCUT2D eigenvalue weighted by Crippen LogP contribution is 2.24. The number of halogens is 4. The van der Waals surface area contributed by atoms with Gasteiger partial charge in [0.15, 0.2) is 0 Å². The lowest BCUT2D eigenvalue weighted by Crippen LogP contribution is -2.39. The van der Waals surface area contributed by atoms with Crippen molar-refractivity contribution < 1.29 is 18.3 Å². The monoisotopic (exact) mass is 581 g/mol. The van der Waals surface area contributed by atoms with E-state index in [0.29, 0.717) is 18.8 Å². The average molecular weight is 583 g/mol. The van der Waals surface area contributed by atoms with Gasteiger partial charge in [-0.3, -0.25) is 9.59 Å². The Balaban J connectivity index is 0.00000361. The third-order valence-corrected chi connectivity index (χ3v) is 6.75. The molecule has 0 saturated carbocycles. The van der Waals surface area contributed by atoms with Crippen LogP contribution in [-0.4, -0.2) is 23.1 Å². The first-order valence-corrected chi connectivity index (χ1v) is 12.2. The van der Waals surface area contributed by atoms with E-state index in [0.717, 1.165) is 42.6 Å². The van der Waals surface area contributed by atoms with Crippen LogP contribution in [0.15, 0.2) is 57.8 Å². The van der Waals surface area contributed by atoms with E-state index in [-0.39, 0.29) is 52.3 Å². The maximum Gasteiger partial charge on any atom is 0.269 e. The summed E-state index contributed by atoms with van der Waals surface area (Å²) < 4.78 is 34.5. The van der Waals surface area contributed by atoms with Gasteiger partial charge in [0.2, 0.25) is 5.91 Å². The summed E-state index contributed by atoms with van der Waals surface area (Å²) in [5, 5.41) is 6.13. The largest absolute Gasteiger partial charge is 0.487 e. The second kappa shape index (κ2) is 12.5. The summed E-state index contributed by atoms with van der Waals surface area (Å²) in [5.74, 6) is -1.06. The second-order valence-corrected chi connectivity index (χ2v) is 9.36. The molecule has 36 heavy (non-hydrogen) atoms. The molecule has 1 fully saturated rings. The number of hydrogen-bond acceptors (Lipinski definition) is 4. The van der Waals surface area contributed by atoms with Crippen LogP contribution in [-0.2, 0) is 24.5 Å². The lowest BCUT2D eigenvalue weighted by atomic mass is 10.1. The van der Waals surface area contributed by atoms with Crippen LogP contribution in [0, 0.1) is 18.6 Å². The van der Waals surface area contributed by atoms with Gasteiger partial charge in [-0.05, 0) is 65.5 Å². The molecule has 0 bridgehead atoms. The molecule has 1 saturated heterocycles. The summed E-state index contributed by atoms with van der Waals surface area (Å²) in [6, 6.07) is 12.6. The zero-order chi connectivity index (χ0) is 24.9. The van der Waals surface area contributed by atoms with Gasteiger partial charge in [-0.2, -0.15) is 0 Å². The highest BCUT2D eigenvalue weighted by molar-refractivity contribution is 9.10. The van der Waals surface area contributed by atoms with Crippen LogP contribution >= 0.6 is 28.3 Å². The third kappa shape index (κ3) is 6.72. The Kier molecular flexibility index (Phi) is 9.64. The van der Waals surface area contributed by atoms with Crippen LogP contribution in [0.2, 0.25) is 0 Å². The van der Waals surface area contributed by atoms with Crippen LogP contribution in [0.1, 0.15) is 35.2 Å². The van der Waals surface area contributed by atoms with Gasteiger partial charge in [-0.25, -0.2) is 8.78 Å². The second-order valence-electron chi connectivity index (χ2n) is 8.56. The number of carbonyl (C=O) groups is 1. The maximum atomic E-state index is 13.9. The summed E-state index contributed by atoms with van der Waals surface area (Å²) >= 11 is 3.30. The number of carbonyl (C=O) groups excluding carboxylic acids is 1. The van der Waals surface area contributed by atoms with E-state index in [4.69, 9.17) is 4.74 Å². The van der Waals surface area contributed by atoms with E-state index in [1.165, 1.54) is 6.07 Å². The van der Waals surface area contributed by atoms with Gasteiger partial charge in [0.25, 0.3) is 5.56 Å². The van der Waals surface area contributed by atoms with Gasteiger partial charge < -0.3 is 19.9 Å². The number of nitrogens with one attached hydrogen (secondary N) is 2. The van der Waals surface area contributed by atoms with Crippen molar-refractivity contribution in [2.45, 2.75) is 45.5 Å². The number of benzene rings is 2. The normalized spacial score (nSPS) is 14.8. The van der Waals surface area contributed by atoms with Crippen molar-refractivity contribution in [3.05, 3.63) is 97.4 Å². The first-order chi connectivity index (χ1) is 16.8. The Morgan fingerprint density at radius 2 is 1.89 bits per heavy atom. The summed E-state index contributed by atoms with van der Waals surface area (Å²) in [5.41, 5.74) is 2.49. The number of hydrogen-bond donors (Lipinski definition) is 2. The van der Waals surface area contributed by atoms with Gasteiger partial charge in [-0.15, -0.1) is 12.4 Å². The van der Waals surface area contributed by atoms with Crippen molar-refractivity contribution >= 4 is 34.2 Å². The van der Waals surface area contributed by atoms with Crippen LogP contribution < -0.4 is 20.9 Å². The zero-order valence-corrected chi connectivity index (χ0v) is 22.1. The molecule has 1 aromatic heterocycles. The zero-order valence-electron chi connectivity index (χ0n) is 19.7. The maximum absolute atomic E-state index is 13.9. The molecule has 0 radical (unpaired) electrons. The van der Waals surface area contributed by atoms with Crippen LogP contribution in [0.25, 0.3) is 0 Å². The highest BCUT2D eigenvalue weighted by Gasteiger charge is 2.21. The van der Waals surface area contributed by atoms with E-state index in [1.54, 1.807) is 17.6 Å². The van der Waals surface area contributed by atoms with E-state index in [2.05, 4.69) is 26.6 Å². The van der Waals surface area contributed by atoms with E-state index in [9.17, 15) is 18.4 Å². The van der Waals surface area contributed by atoms with E-state index < -0.39 is 11.6 Å². The SMILES string of the molecule is Cc1cc(OCc2ccc(F)cc2F)c(Br)c(=O)n1Cc1ccc(CNC(=O)C2CCCN2)cc1.Cl.